The lowest BCUT2D eigenvalue weighted by atomic mass is 10.2. The summed E-state index contributed by atoms with van der Waals surface area (Å²) in [6.45, 7) is 1.78. The van der Waals surface area contributed by atoms with Gasteiger partial charge in [-0.2, -0.15) is 0 Å². The van der Waals surface area contributed by atoms with Crippen LogP contribution in [0.4, 0.5) is 11.5 Å². The number of nitrogens with one attached hydrogen (secondary N) is 2. The molecule has 0 aliphatic carbocycles. The van der Waals surface area contributed by atoms with E-state index in [0.717, 1.165) is 15.7 Å². The van der Waals surface area contributed by atoms with E-state index in [9.17, 15) is 14.9 Å². The zero-order valence-corrected chi connectivity index (χ0v) is 14.9. The van der Waals surface area contributed by atoms with Crippen LogP contribution in [0.2, 0.25) is 0 Å². The molecule has 0 bridgehead atoms. The molecule has 9 heteroatoms. The number of rotatable bonds is 5. The Hall–Kier alpha value is -4.01. The van der Waals surface area contributed by atoms with Crippen LogP contribution in [0.15, 0.2) is 65.7 Å². The molecule has 3 aromatic heterocycles. The minimum absolute atomic E-state index is 0.0913. The van der Waals surface area contributed by atoms with Gasteiger partial charge in [-0.25, -0.2) is 9.97 Å². The number of imidazole rings is 1. The van der Waals surface area contributed by atoms with Crippen molar-refractivity contribution >= 4 is 17.2 Å². The van der Waals surface area contributed by atoms with Gasteiger partial charge in [0.15, 0.2) is 0 Å². The zero-order chi connectivity index (χ0) is 19.7. The molecule has 0 aliphatic rings. The average Bonchev–Trinajstić information content (AvgIpc) is 3.19. The third-order valence-corrected chi connectivity index (χ3v) is 4.34. The Morgan fingerprint density at radius 1 is 1.18 bits per heavy atom. The second-order valence-corrected chi connectivity index (χ2v) is 6.21. The number of pyridine rings is 1. The van der Waals surface area contributed by atoms with E-state index in [0.29, 0.717) is 11.5 Å². The molecule has 28 heavy (non-hydrogen) atoms. The minimum atomic E-state index is -0.741. The Bertz CT molecular complexity index is 1220. The second kappa shape index (κ2) is 6.95. The molecule has 0 aliphatic heterocycles. The molecule has 0 unspecified atom stereocenters. The molecule has 0 radical (unpaired) electrons. The molecule has 2 N–H and O–H groups in total. The van der Waals surface area contributed by atoms with Gasteiger partial charge in [-0.1, -0.05) is 36.4 Å². The van der Waals surface area contributed by atoms with Gasteiger partial charge in [0.25, 0.3) is 0 Å². The van der Waals surface area contributed by atoms with Crippen molar-refractivity contribution in [1.29, 1.82) is 0 Å². The summed E-state index contributed by atoms with van der Waals surface area (Å²) in [6.07, 6.45) is 3.14. The van der Waals surface area contributed by atoms with Crippen LogP contribution in [-0.2, 0) is 0 Å². The number of H-pyrrole nitrogens is 1. The Kier molecular flexibility index (Phi) is 4.32. The van der Waals surface area contributed by atoms with Gasteiger partial charge < -0.3 is 10.3 Å². The van der Waals surface area contributed by atoms with Gasteiger partial charge in [0, 0.05) is 6.20 Å². The number of nitro groups is 1. The van der Waals surface area contributed by atoms with E-state index in [1.165, 1.54) is 6.20 Å². The van der Waals surface area contributed by atoms with E-state index < -0.39 is 22.2 Å². The Morgan fingerprint density at radius 2 is 1.93 bits per heavy atom. The summed E-state index contributed by atoms with van der Waals surface area (Å²) >= 11 is 0. The number of aromatic amines is 1. The van der Waals surface area contributed by atoms with Crippen LogP contribution in [0.25, 0.3) is 16.9 Å². The van der Waals surface area contributed by atoms with Crippen LogP contribution >= 0.6 is 0 Å². The monoisotopic (exact) mass is 376 g/mol. The molecule has 0 fully saturated rings. The molecule has 4 rings (SSSR count). The highest BCUT2D eigenvalue weighted by Crippen LogP contribution is 2.24. The molecule has 0 saturated heterocycles. The largest absolute Gasteiger partial charge is 0.376 e. The SMILES string of the molecule is C[C@H](Nc1nc2ccccn2c(=O)c1[N+](=O)[O-])c1ncc(-c2ccccc2)[nH]1. The maximum Gasteiger partial charge on any atom is 0.376 e. The Balaban J connectivity index is 1.70. The summed E-state index contributed by atoms with van der Waals surface area (Å²) in [7, 11) is 0. The van der Waals surface area contributed by atoms with Crippen molar-refractivity contribution in [2.75, 3.05) is 5.32 Å². The molecular formula is C19H16N6O3. The summed E-state index contributed by atoms with van der Waals surface area (Å²) in [5.41, 5.74) is 0.768. The van der Waals surface area contributed by atoms with Crippen molar-refractivity contribution in [3.8, 4) is 11.3 Å². The summed E-state index contributed by atoms with van der Waals surface area (Å²) in [6, 6.07) is 14.2. The molecule has 1 atom stereocenters. The van der Waals surface area contributed by atoms with Crippen molar-refractivity contribution in [2.45, 2.75) is 13.0 Å². The van der Waals surface area contributed by atoms with E-state index in [-0.39, 0.29) is 5.82 Å². The van der Waals surface area contributed by atoms with Crippen molar-refractivity contribution < 1.29 is 4.92 Å². The molecule has 4 aromatic rings. The number of anilines is 1. The van der Waals surface area contributed by atoms with E-state index in [1.54, 1.807) is 31.3 Å². The molecule has 0 saturated carbocycles. The van der Waals surface area contributed by atoms with Crippen LogP contribution in [-0.4, -0.2) is 24.3 Å². The number of nitrogens with zero attached hydrogens (tertiary/aromatic N) is 4. The molecule has 140 valence electrons. The molecular weight excluding hydrogens is 360 g/mol. The normalized spacial score (nSPS) is 12.0. The van der Waals surface area contributed by atoms with Crippen molar-refractivity contribution in [2.24, 2.45) is 0 Å². The van der Waals surface area contributed by atoms with E-state index >= 15 is 0 Å². The first-order valence-corrected chi connectivity index (χ1v) is 8.57. The number of hydrogen-bond donors (Lipinski definition) is 2. The summed E-state index contributed by atoms with van der Waals surface area (Å²) < 4.78 is 1.15. The highest BCUT2D eigenvalue weighted by Gasteiger charge is 2.25. The van der Waals surface area contributed by atoms with E-state index in [4.69, 9.17) is 0 Å². The Morgan fingerprint density at radius 3 is 2.68 bits per heavy atom. The fraction of sp³-hybridized carbons (Fsp3) is 0.105. The summed E-state index contributed by atoms with van der Waals surface area (Å²) in [5, 5.41) is 14.4. The molecule has 3 heterocycles. The lowest BCUT2D eigenvalue weighted by Crippen LogP contribution is -2.22. The summed E-state index contributed by atoms with van der Waals surface area (Å²) in [5.74, 6) is 0.481. The maximum absolute atomic E-state index is 12.5. The quantitative estimate of drug-likeness (QED) is 0.408. The van der Waals surface area contributed by atoms with Crippen LogP contribution in [0, 0.1) is 10.1 Å². The van der Waals surface area contributed by atoms with Crippen LogP contribution < -0.4 is 10.9 Å². The number of fused-ring (bicyclic) bond motifs is 1. The topological polar surface area (TPSA) is 118 Å². The van der Waals surface area contributed by atoms with Crippen molar-refractivity contribution in [3.63, 3.8) is 0 Å². The van der Waals surface area contributed by atoms with Gasteiger partial charge in [0.1, 0.15) is 11.5 Å². The van der Waals surface area contributed by atoms with Crippen molar-refractivity contribution in [1.82, 2.24) is 19.4 Å². The molecule has 0 spiro atoms. The molecule has 9 nitrogen and oxygen atoms in total. The van der Waals surface area contributed by atoms with Crippen LogP contribution in [0.5, 0.6) is 0 Å². The maximum atomic E-state index is 12.5. The predicted molar refractivity (Wildman–Crippen MR) is 104 cm³/mol. The molecule has 0 amide bonds. The van der Waals surface area contributed by atoms with Gasteiger partial charge in [-0.05, 0) is 24.6 Å². The van der Waals surface area contributed by atoms with Crippen LogP contribution in [0.3, 0.4) is 0 Å². The van der Waals surface area contributed by atoms with Gasteiger partial charge in [0.2, 0.25) is 5.82 Å². The standard InChI is InChI=1S/C19H16N6O3/c1-12(17-20-11-14(22-17)13-7-3-2-4-8-13)21-18-16(25(27)28)19(26)24-10-6-5-9-15(24)23-18/h2-12,21H,1H3,(H,20,22)/t12-/m0/s1. The number of aromatic nitrogens is 4. The van der Waals surface area contributed by atoms with Gasteiger partial charge in [-0.15, -0.1) is 0 Å². The van der Waals surface area contributed by atoms with Gasteiger partial charge >= 0.3 is 11.2 Å². The first kappa shape index (κ1) is 17.4. The Labute approximate surface area is 158 Å². The smallest absolute Gasteiger partial charge is 0.354 e. The van der Waals surface area contributed by atoms with Gasteiger partial charge in [-0.3, -0.25) is 19.3 Å². The first-order chi connectivity index (χ1) is 13.5. The first-order valence-electron chi connectivity index (χ1n) is 8.57. The number of hydrogen-bond acceptors (Lipinski definition) is 6. The average molecular weight is 376 g/mol. The van der Waals surface area contributed by atoms with Crippen LogP contribution in [0.1, 0.15) is 18.8 Å². The lowest BCUT2D eigenvalue weighted by molar-refractivity contribution is -0.385. The number of benzene rings is 1. The van der Waals surface area contributed by atoms with E-state index in [2.05, 4.69) is 20.3 Å². The highest BCUT2D eigenvalue weighted by molar-refractivity contribution is 5.61. The van der Waals surface area contributed by atoms with Gasteiger partial charge in [0.05, 0.1) is 22.9 Å². The second-order valence-electron chi connectivity index (χ2n) is 6.21. The molecule has 1 aromatic carbocycles. The zero-order valence-electron chi connectivity index (χ0n) is 14.9. The fourth-order valence-electron chi connectivity index (χ4n) is 2.94. The third kappa shape index (κ3) is 3.09. The lowest BCUT2D eigenvalue weighted by Gasteiger charge is -2.13. The predicted octanol–water partition coefficient (Wildman–Crippen LogP) is 3.17. The van der Waals surface area contributed by atoms with E-state index in [1.807, 2.05) is 30.3 Å². The fourth-order valence-corrected chi connectivity index (χ4v) is 2.94. The highest BCUT2D eigenvalue weighted by atomic mass is 16.6. The van der Waals surface area contributed by atoms with Crippen molar-refractivity contribution in [3.05, 3.63) is 87.2 Å². The minimum Gasteiger partial charge on any atom is -0.354 e. The third-order valence-electron chi connectivity index (χ3n) is 4.34. The summed E-state index contributed by atoms with van der Waals surface area (Å²) in [4.78, 5) is 35.1.